The molecule has 0 unspecified atom stereocenters. The summed E-state index contributed by atoms with van der Waals surface area (Å²) in [6, 6.07) is 33.2. The molecule has 0 saturated carbocycles. The molecule has 5 aromatic rings. The third-order valence-corrected chi connectivity index (χ3v) is 9.17. The van der Waals surface area contributed by atoms with Gasteiger partial charge in [-0.15, -0.1) is 0 Å². The lowest BCUT2D eigenvalue weighted by Crippen LogP contribution is -2.28. The van der Waals surface area contributed by atoms with Crippen molar-refractivity contribution in [1.29, 1.82) is 0 Å². The lowest BCUT2D eigenvalue weighted by atomic mass is 10.1. The van der Waals surface area contributed by atoms with E-state index in [1.807, 2.05) is 55.5 Å². The largest absolute Gasteiger partial charge is 0.493 e. The third kappa shape index (κ3) is 8.57. The molecule has 50 heavy (non-hydrogen) atoms. The first kappa shape index (κ1) is 35.2. The Hall–Kier alpha value is -4.60. The molecule has 254 valence electrons. The molecule has 0 spiro atoms. The number of aliphatic imine (C=N–C) groups is 1. The van der Waals surface area contributed by atoms with Crippen LogP contribution in [0.15, 0.2) is 119 Å². The monoisotopic (exact) mass is 744 g/mol. The van der Waals surface area contributed by atoms with E-state index in [-0.39, 0.29) is 12.5 Å². The minimum absolute atomic E-state index is 0.199. The van der Waals surface area contributed by atoms with Crippen LogP contribution in [0.3, 0.4) is 0 Å². The van der Waals surface area contributed by atoms with E-state index >= 15 is 0 Å². The van der Waals surface area contributed by atoms with Gasteiger partial charge < -0.3 is 18.9 Å². The number of thioether (sulfide) groups is 1. The summed E-state index contributed by atoms with van der Waals surface area (Å²) in [6.45, 7) is 3.03. The number of anilines is 1. The number of hydrogen-bond donors (Lipinski definition) is 0. The minimum atomic E-state index is -0.248. The van der Waals surface area contributed by atoms with Crippen molar-refractivity contribution in [2.24, 2.45) is 4.99 Å². The molecule has 7 nitrogen and oxygen atoms in total. The van der Waals surface area contributed by atoms with Crippen LogP contribution in [0, 0.1) is 0 Å². The summed E-state index contributed by atoms with van der Waals surface area (Å²) >= 11 is 20.2. The number of ether oxygens (including phenoxy) is 4. The van der Waals surface area contributed by atoms with E-state index in [1.54, 1.807) is 71.6 Å². The fourth-order valence-electron chi connectivity index (χ4n) is 5.03. The van der Waals surface area contributed by atoms with Crippen LogP contribution >= 0.6 is 46.6 Å². The van der Waals surface area contributed by atoms with E-state index in [0.29, 0.717) is 78.3 Å². The maximum absolute atomic E-state index is 13.8. The SMILES string of the molecule is CCOc1cc(COc2c(Cl)cc(/C=C3/SC(=Nc4ccc(Cl)cc4)N(c4ccc(Cl)cc4)C3=O)cc2OC)ccc1OCc1ccccc1. The van der Waals surface area contributed by atoms with E-state index in [1.165, 1.54) is 18.9 Å². The van der Waals surface area contributed by atoms with Crippen molar-refractivity contribution in [2.45, 2.75) is 20.1 Å². The number of hydrogen-bond acceptors (Lipinski definition) is 7. The van der Waals surface area contributed by atoms with Crippen LogP contribution in [-0.2, 0) is 18.0 Å². The van der Waals surface area contributed by atoms with Gasteiger partial charge in [-0.3, -0.25) is 9.69 Å². The standard InChI is InChI=1S/C39H31Cl3N2O5S/c1-3-47-34-20-26(9-18-33(34)48-23-25-7-5-4-6-8-25)24-49-37-32(42)19-27(21-35(37)46-2)22-36-38(45)44(31-16-12-29(41)13-17-31)39(50-36)43-30-14-10-28(40)11-15-30/h4-22H,3,23-24H2,1-2H3/b36-22+,43-39?. The molecule has 1 saturated heterocycles. The Balaban J connectivity index is 1.22. The maximum Gasteiger partial charge on any atom is 0.271 e. The molecule has 0 atom stereocenters. The molecule has 0 bridgehead atoms. The molecule has 0 N–H and O–H groups in total. The van der Waals surface area contributed by atoms with Gasteiger partial charge in [0.25, 0.3) is 5.91 Å². The topological polar surface area (TPSA) is 69.6 Å². The predicted octanol–water partition coefficient (Wildman–Crippen LogP) is 11.0. The van der Waals surface area contributed by atoms with Crippen molar-refractivity contribution in [3.8, 4) is 23.0 Å². The van der Waals surface area contributed by atoms with Gasteiger partial charge in [-0.25, -0.2) is 4.99 Å². The van der Waals surface area contributed by atoms with Crippen molar-refractivity contribution < 1.29 is 23.7 Å². The van der Waals surface area contributed by atoms with Crippen molar-refractivity contribution in [1.82, 2.24) is 0 Å². The second-order valence-corrected chi connectivity index (χ2v) is 13.2. The van der Waals surface area contributed by atoms with Crippen molar-refractivity contribution >= 4 is 75.1 Å². The highest BCUT2D eigenvalue weighted by atomic mass is 35.5. The van der Waals surface area contributed by atoms with Gasteiger partial charge in [-0.1, -0.05) is 71.2 Å². The average molecular weight is 746 g/mol. The molecule has 1 heterocycles. The smallest absolute Gasteiger partial charge is 0.271 e. The molecule has 0 aromatic heterocycles. The first-order valence-electron chi connectivity index (χ1n) is 15.6. The highest BCUT2D eigenvalue weighted by molar-refractivity contribution is 8.19. The molecule has 1 amide bonds. The van der Waals surface area contributed by atoms with Crippen LogP contribution in [0.4, 0.5) is 11.4 Å². The number of nitrogens with zero attached hydrogens (tertiary/aromatic N) is 2. The number of carbonyl (C=O) groups excluding carboxylic acids is 1. The summed E-state index contributed by atoms with van der Waals surface area (Å²) in [5.41, 5.74) is 3.85. The maximum atomic E-state index is 13.8. The van der Waals surface area contributed by atoms with Crippen molar-refractivity contribution in [3.05, 3.63) is 146 Å². The highest BCUT2D eigenvalue weighted by Gasteiger charge is 2.35. The number of halogens is 3. The number of rotatable bonds is 12. The Bertz CT molecular complexity index is 2040. The zero-order valence-corrected chi connectivity index (χ0v) is 30.2. The summed E-state index contributed by atoms with van der Waals surface area (Å²) in [5.74, 6) is 1.80. The van der Waals surface area contributed by atoms with Crippen LogP contribution in [0.2, 0.25) is 15.1 Å². The van der Waals surface area contributed by atoms with E-state index in [2.05, 4.69) is 0 Å². The van der Waals surface area contributed by atoms with Gasteiger partial charge in [0.1, 0.15) is 13.2 Å². The van der Waals surface area contributed by atoms with Gasteiger partial charge in [0.05, 0.1) is 35.0 Å². The Kier molecular flexibility index (Phi) is 11.6. The first-order valence-corrected chi connectivity index (χ1v) is 17.5. The summed E-state index contributed by atoms with van der Waals surface area (Å²) < 4.78 is 23.8. The zero-order valence-electron chi connectivity index (χ0n) is 27.1. The molecule has 0 radical (unpaired) electrons. The van der Waals surface area contributed by atoms with Gasteiger partial charge in [0.15, 0.2) is 28.2 Å². The first-order chi connectivity index (χ1) is 24.3. The minimum Gasteiger partial charge on any atom is -0.493 e. The molecule has 5 aromatic carbocycles. The average Bonchev–Trinajstić information content (AvgIpc) is 3.42. The van der Waals surface area contributed by atoms with Gasteiger partial charge >= 0.3 is 0 Å². The van der Waals surface area contributed by atoms with Crippen LogP contribution in [0.25, 0.3) is 6.08 Å². The fourth-order valence-corrected chi connectivity index (χ4v) is 6.55. The Morgan fingerprint density at radius 3 is 2.14 bits per heavy atom. The summed E-state index contributed by atoms with van der Waals surface area (Å²) in [4.78, 5) is 20.6. The molecule has 6 rings (SSSR count). The summed E-state index contributed by atoms with van der Waals surface area (Å²) in [6.07, 6.45) is 1.75. The molecule has 11 heteroatoms. The Morgan fingerprint density at radius 2 is 1.44 bits per heavy atom. The van der Waals surface area contributed by atoms with Crippen molar-refractivity contribution in [3.63, 3.8) is 0 Å². The van der Waals surface area contributed by atoms with Crippen molar-refractivity contribution in [2.75, 3.05) is 18.6 Å². The fraction of sp³-hybridized carbons (Fsp3) is 0.128. The van der Waals surface area contributed by atoms with Crippen LogP contribution in [-0.4, -0.2) is 24.8 Å². The van der Waals surface area contributed by atoms with E-state index < -0.39 is 0 Å². The molecule has 0 aliphatic carbocycles. The zero-order chi connectivity index (χ0) is 35.0. The second-order valence-electron chi connectivity index (χ2n) is 10.9. The molecule has 1 aliphatic heterocycles. The Morgan fingerprint density at radius 1 is 0.740 bits per heavy atom. The lowest BCUT2D eigenvalue weighted by molar-refractivity contribution is -0.113. The molecular weight excluding hydrogens is 715 g/mol. The molecule has 1 aliphatic rings. The number of amidine groups is 1. The normalized spacial score (nSPS) is 14.3. The number of amides is 1. The van der Waals surface area contributed by atoms with Gasteiger partial charge in [0, 0.05) is 10.0 Å². The summed E-state index contributed by atoms with van der Waals surface area (Å²) in [5, 5.41) is 1.95. The lowest BCUT2D eigenvalue weighted by Gasteiger charge is -2.16. The van der Waals surface area contributed by atoms with Gasteiger partial charge in [-0.2, -0.15) is 0 Å². The third-order valence-electron chi connectivity index (χ3n) is 7.42. The highest BCUT2D eigenvalue weighted by Crippen LogP contribution is 2.41. The number of benzene rings is 5. The second kappa shape index (κ2) is 16.4. The predicted molar refractivity (Wildman–Crippen MR) is 204 cm³/mol. The Labute approximate surface area is 310 Å². The van der Waals surface area contributed by atoms with E-state index in [9.17, 15) is 4.79 Å². The number of carbonyl (C=O) groups is 1. The van der Waals surface area contributed by atoms with Crippen LogP contribution in [0.5, 0.6) is 23.0 Å². The van der Waals surface area contributed by atoms with E-state index in [0.717, 1.165) is 11.1 Å². The molecular formula is C39H31Cl3N2O5S. The number of methoxy groups -OCH3 is 1. The van der Waals surface area contributed by atoms with Crippen LogP contribution < -0.4 is 23.8 Å². The van der Waals surface area contributed by atoms with Gasteiger partial charge in [-0.05, 0) is 114 Å². The van der Waals surface area contributed by atoms with E-state index in [4.69, 9.17) is 58.7 Å². The quantitative estimate of drug-likeness (QED) is 0.118. The van der Waals surface area contributed by atoms with Crippen LogP contribution in [0.1, 0.15) is 23.6 Å². The molecule has 1 fully saturated rings. The summed E-state index contributed by atoms with van der Waals surface area (Å²) in [7, 11) is 1.54. The van der Waals surface area contributed by atoms with Gasteiger partial charge in [0.2, 0.25) is 0 Å².